The van der Waals surface area contributed by atoms with Crippen LogP contribution in [0.25, 0.3) is 0 Å². The number of primary amides is 1. The van der Waals surface area contributed by atoms with Gasteiger partial charge in [0, 0.05) is 18.0 Å². The second-order valence-corrected chi connectivity index (χ2v) is 4.47. The summed E-state index contributed by atoms with van der Waals surface area (Å²) in [6, 6.07) is 3.06. The van der Waals surface area contributed by atoms with Crippen molar-refractivity contribution < 1.29 is 17.4 Å². The zero-order valence-corrected chi connectivity index (χ0v) is 8.77. The molecule has 1 heterocycles. The summed E-state index contributed by atoms with van der Waals surface area (Å²) in [6.07, 6.45) is 2.33. The molecule has 0 bridgehead atoms. The van der Waals surface area contributed by atoms with Crippen molar-refractivity contribution >= 4 is 16.0 Å². The van der Waals surface area contributed by atoms with Gasteiger partial charge in [0.1, 0.15) is 0 Å². The average molecular weight is 230 g/mol. The number of hydrogen-bond acceptors (Lipinski definition) is 5. The van der Waals surface area contributed by atoms with Gasteiger partial charge in [-0.05, 0) is 6.07 Å². The third-order valence-corrected chi connectivity index (χ3v) is 2.06. The lowest BCUT2D eigenvalue weighted by Crippen LogP contribution is -2.25. The number of amides is 1. The van der Waals surface area contributed by atoms with Gasteiger partial charge in [0.2, 0.25) is 0 Å². The molecule has 0 aliphatic heterocycles. The monoisotopic (exact) mass is 230 g/mol. The molecule has 6 nitrogen and oxygen atoms in total. The van der Waals surface area contributed by atoms with Gasteiger partial charge in [-0.25, -0.2) is 0 Å². The third-order valence-electron chi connectivity index (χ3n) is 1.52. The predicted octanol–water partition coefficient (Wildman–Crippen LogP) is -0.416. The Morgan fingerprint density at radius 3 is 2.67 bits per heavy atom. The van der Waals surface area contributed by atoms with Crippen LogP contribution in [-0.4, -0.2) is 25.6 Å². The molecule has 0 aliphatic rings. The number of hydrogen-bond donors (Lipinski definition) is 1. The highest BCUT2D eigenvalue weighted by molar-refractivity contribution is 7.86. The lowest BCUT2D eigenvalue weighted by molar-refractivity contribution is -0.124. The fourth-order valence-electron chi connectivity index (χ4n) is 0.973. The first-order valence-corrected chi connectivity index (χ1v) is 5.79. The Balaban J connectivity index is 3.00. The molecule has 0 aromatic carbocycles. The Bertz CT molecular complexity index is 443. The van der Waals surface area contributed by atoms with Crippen molar-refractivity contribution in [3.05, 3.63) is 30.1 Å². The van der Waals surface area contributed by atoms with E-state index in [4.69, 9.17) is 5.73 Å². The zero-order valence-electron chi connectivity index (χ0n) is 7.95. The molecule has 0 spiro atoms. The molecular formula is C8H10N2O4S. The van der Waals surface area contributed by atoms with E-state index in [-0.39, 0.29) is 0 Å². The van der Waals surface area contributed by atoms with Crippen LogP contribution >= 0.6 is 0 Å². The van der Waals surface area contributed by atoms with Crippen molar-refractivity contribution in [3.63, 3.8) is 0 Å². The van der Waals surface area contributed by atoms with Crippen LogP contribution in [0, 0.1) is 0 Å². The Morgan fingerprint density at radius 1 is 1.60 bits per heavy atom. The standard InChI is InChI=1S/C8H10N2O4S/c1-15(12,13)14-7(8(9)11)6-3-2-4-10-5-6/h2-5,7H,1H3,(H2,9,11). The minimum absolute atomic E-state index is 0.301. The van der Waals surface area contributed by atoms with Gasteiger partial charge in [-0.1, -0.05) is 6.07 Å². The highest BCUT2D eigenvalue weighted by atomic mass is 32.2. The molecular weight excluding hydrogens is 220 g/mol. The summed E-state index contributed by atoms with van der Waals surface area (Å²) in [5.41, 5.74) is 5.32. The van der Waals surface area contributed by atoms with Crippen LogP contribution in [0.5, 0.6) is 0 Å². The van der Waals surface area contributed by atoms with Gasteiger partial charge in [-0.2, -0.15) is 8.42 Å². The summed E-state index contributed by atoms with van der Waals surface area (Å²) in [5, 5.41) is 0. The lowest BCUT2D eigenvalue weighted by Gasteiger charge is -2.11. The molecule has 1 rings (SSSR count). The minimum atomic E-state index is -3.75. The number of rotatable bonds is 4. The topological polar surface area (TPSA) is 99.4 Å². The molecule has 15 heavy (non-hydrogen) atoms. The summed E-state index contributed by atoms with van der Waals surface area (Å²) < 4.78 is 26.3. The summed E-state index contributed by atoms with van der Waals surface area (Å²) >= 11 is 0. The van der Waals surface area contributed by atoms with E-state index in [2.05, 4.69) is 9.17 Å². The molecule has 0 aliphatic carbocycles. The van der Waals surface area contributed by atoms with Crippen LogP contribution in [0.15, 0.2) is 24.5 Å². The first-order valence-electron chi connectivity index (χ1n) is 3.97. The molecule has 1 aromatic heterocycles. The summed E-state index contributed by atoms with van der Waals surface area (Å²) in [4.78, 5) is 14.7. The molecule has 1 unspecified atom stereocenters. The van der Waals surface area contributed by atoms with E-state index in [0.29, 0.717) is 5.56 Å². The van der Waals surface area contributed by atoms with Crippen molar-refractivity contribution in [2.75, 3.05) is 6.26 Å². The Kier molecular flexibility index (Phi) is 3.38. The van der Waals surface area contributed by atoms with Crippen LogP contribution in [0.4, 0.5) is 0 Å². The Labute approximate surface area is 87.2 Å². The smallest absolute Gasteiger partial charge is 0.265 e. The third kappa shape index (κ3) is 3.64. The highest BCUT2D eigenvalue weighted by Crippen LogP contribution is 2.17. The maximum Gasteiger partial charge on any atom is 0.265 e. The number of nitrogens with two attached hydrogens (primary N) is 1. The minimum Gasteiger partial charge on any atom is -0.367 e. The molecule has 0 fully saturated rings. The van der Waals surface area contributed by atoms with Crippen molar-refractivity contribution in [2.45, 2.75) is 6.10 Å². The van der Waals surface area contributed by atoms with Crippen LogP contribution in [-0.2, 0) is 19.1 Å². The van der Waals surface area contributed by atoms with Crippen molar-refractivity contribution in [2.24, 2.45) is 5.73 Å². The van der Waals surface area contributed by atoms with E-state index in [1.165, 1.54) is 18.5 Å². The molecule has 1 aromatic rings. The van der Waals surface area contributed by atoms with Crippen LogP contribution in [0.3, 0.4) is 0 Å². The number of carbonyl (C=O) groups excluding carboxylic acids is 1. The SMILES string of the molecule is CS(=O)(=O)OC(C(N)=O)c1cccnc1. The van der Waals surface area contributed by atoms with Crippen molar-refractivity contribution in [1.82, 2.24) is 4.98 Å². The molecule has 0 saturated carbocycles. The fourth-order valence-corrected chi connectivity index (χ4v) is 1.53. The van der Waals surface area contributed by atoms with Gasteiger partial charge < -0.3 is 5.73 Å². The second-order valence-electron chi connectivity index (χ2n) is 2.87. The number of pyridine rings is 1. The van der Waals surface area contributed by atoms with Crippen LogP contribution in [0.2, 0.25) is 0 Å². The maximum absolute atomic E-state index is 11.0. The maximum atomic E-state index is 11.0. The van der Waals surface area contributed by atoms with Gasteiger partial charge >= 0.3 is 0 Å². The number of nitrogens with zero attached hydrogens (tertiary/aromatic N) is 1. The molecule has 0 radical (unpaired) electrons. The molecule has 0 saturated heterocycles. The fraction of sp³-hybridized carbons (Fsp3) is 0.250. The van der Waals surface area contributed by atoms with Gasteiger partial charge in [0.25, 0.3) is 16.0 Å². The predicted molar refractivity (Wildman–Crippen MR) is 52.1 cm³/mol. The van der Waals surface area contributed by atoms with E-state index in [1.54, 1.807) is 6.07 Å². The van der Waals surface area contributed by atoms with Gasteiger partial charge in [-0.3, -0.25) is 14.0 Å². The first kappa shape index (κ1) is 11.6. The summed E-state index contributed by atoms with van der Waals surface area (Å²) in [6.45, 7) is 0. The van der Waals surface area contributed by atoms with Gasteiger partial charge in [0.15, 0.2) is 6.10 Å². The van der Waals surface area contributed by atoms with Gasteiger partial charge in [0.05, 0.1) is 6.26 Å². The van der Waals surface area contributed by atoms with Crippen molar-refractivity contribution in [3.8, 4) is 0 Å². The van der Waals surface area contributed by atoms with Gasteiger partial charge in [-0.15, -0.1) is 0 Å². The second kappa shape index (κ2) is 4.37. The molecule has 2 N–H and O–H groups in total. The highest BCUT2D eigenvalue weighted by Gasteiger charge is 2.23. The lowest BCUT2D eigenvalue weighted by atomic mass is 10.1. The van der Waals surface area contributed by atoms with Crippen LogP contribution < -0.4 is 5.73 Å². The van der Waals surface area contributed by atoms with E-state index >= 15 is 0 Å². The quantitative estimate of drug-likeness (QED) is 0.708. The van der Waals surface area contributed by atoms with E-state index < -0.39 is 22.1 Å². The van der Waals surface area contributed by atoms with Crippen LogP contribution in [0.1, 0.15) is 11.7 Å². The normalized spacial score (nSPS) is 13.4. The molecule has 7 heteroatoms. The first-order chi connectivity index (χ1) is 6.90. The largest absolute Gasteiger partial charge is 0.367 e. The number of carbonyl (C=O) groups is 1. The Morgan fingerprint density at radius 2 is 2.27 bits per heavy atom. The van der Waals surface area contributed by atoms with E-state index in [9.17, 15) is 13.2 Å². The summed E-state index contributed by atoms with van der Waals surface area (Å²) in [7, 11) is -3.75. The van der Waals surface area contributed by atoms with Crippen molar-refractivity contribution in [1.29, 1.82) is 0 Å². The zero-order chi connectivity index (χ0) is 11.5. The van der Waals surface area contributed by atoms with E-state index in [0.717, 1.165) is 6.26 Å². The molecule has 1 amide bonds. The van der Waals surface area contributed by atoms with E-state index in [1.807, 2.05) is 0 Å². The number of aromatic nitrogens is 1. The molecule has 82 valence electrons. The summed E-state index contributed by atoms with van der Waals surface area (Å²) in [5.74, 6) is -0.881. The average Bonchev–Trinajstić information content (AvgIpc) is 2.14. The Hall–Kier alpha value is -1.47. The molecule has 1 atom stereocenters.